The van der Waals surface area contributed by atoms with E-state index in [2.05, 4.69) is 4.74 Å². The molecule has 1 aliphatic rings. The van der Waals surface area contributed by atoms with Crippen LogP contribution in [0.2, 0.25) is 0 Å². The quantitative estimate of drug-likeness (QED) is 0.788. The van der Waals surface area contributed by atoms with E-state index in [1.165, 1.54) is 30.2 Å². The van der Waals surface area contributed by atoms with Crippen molar-refractivity contribution in [3.63, 3.8) is 0 Å². The fourth-order valence-corrected chi connectivity index (χ4v) is 2.20. The average molecular weight is 295 g/mol. The van der Waals surface area contributed by atoms with Crippen molar-refractivity contribution in [2.45, 2.75) is 12.5 Å². The van der Waals surface area contributed by atoms with Crippen molar-refractivity contribution in [1.29, 1.82) is 0 Å². The zero-order valence-electron chi connectivity index (χ0n) is 11.6. The van der Waals surface area contributed by atoms with E-state index in [0.717, 1.165) is 0 Å². The first-order valence-corrected chi connectivity index (χ1v) is 6.51. The first-order chi connectivity index (χ1) is 10.0. The molecule has 1 amide bonds. The number of aromatic hydroxyl groups is 2. The molecule has 7 nitrogen and oxygen atoms in total. The number of carbonyl (C=O) groups excluding carboxylic acids is 2. The number of phenolic OH excluding ortho intramolecular Hbond substituents is 2. The Morgan fingerprint density at radius 1 is 1.38 bits per heavy atom. The van der Waals surface area contributed by atoms with Crippen molar-refractivity contribution >= 4 is 11.9 Å². The Hall–Kier alpha value is -2.28. The van der Waals surface area contributed by atoms with Gasteiger partial charge in [-0.15, -0.1) is 0 Å². The number of phenols is 2. The Balaban J connectivity index is 2.10. The van der Waals surface area contributed by atoms with Crippen LogP contribution in [-0.2, 0) is 14.3 Å². The van der Waals surface area contributed by atoms with Gasteiger partial charge in [-0.2, -0.15) is 0 Å². The molecule has 0 saturated carbocycles. The maximum atomic E-state index is 12.4. The van der Waals surface area contributed by atoms with E-state index in [4.69, 9.17) is 4.74 Å². The molecular formula is C14H17NO6. The van der Waals surface area contributed by atoms with Crippen LogP contribution in [0, 0.1) is 0 Å². The number of hydrogen-bond acceptors (Lipinski definition) is 6. The summed E-state index contributed by atoms with van der Waals surface area (Å²) in [5, 5.41) is 19.5. The molecule has 0 spiro atoms. The number of morpholine rings is 1. The van der Waals surface area contributed by atoms with E-state index in [0.29, 0.717) is 6.54 Å². The van der Waals surface area contributed by atoms with Crippen LogP contribution in [0.15, 0.2) is 18.2 Å². The SMILES string of the molecule is COC(=O)CC1CN(C(=O)c2c(O)cccc2O)CCO1. The Kier molecular flexibility index (Phi) is 4.64. The van der Waals surface area contributed by atoms with Gasteiger partial charge >= 0.3 is 5.97 Å². The van der Waals surface area contributed by atoms with Gasteiger partial charge in [-0.1, -0.05) is 6.07 Å². The molecule has 0 aliphatic carbocycles. The largest absolute Gasteiger partial charge is 0.507 e. The molecule has 1 saturated heterocycles. The molecule has 1 unspecified atom stereocenters. The van der Waals surface area contributed by atoms with E-state index in [9.17, 15) is 19.8 Å². The first kappa shape index (κ1) is 15.1. The van der Waals surface area contributed by atoms with Crippen molar-refractivity contribution < 1.29 is 29.3 Å². The standard InChI is InChI=1S/C14H17NO6/c1-20-12(18)7-9-8-15(5-6-21-9)14(19)13-10(16)3-2-4-11(13)17/h2-4,9,16-17H,5-8H2,1H3. The summed E-state index contributed by atoms with van der Waals surface area (Å²) >= 11 is 0. The second kappa shape index (κ2) is 6.45. The van der Waals surface area contributed by atoms with E-state index in [1.807, 2.05) is 0 Å². The van der Waals surface area contributed by atoms with Crippen molar-refractivity contribution in [2.75, 3.05) is 26.8 Å². The Morgan fingerprint density at radius 3 is 2.67 bits per heavy atom. The Labute approximate surface area is 121 Å². The highest BCUT2D eigenvalue weighted by Crippen LogP contribution is 2.28. The third kappa shape index (κ3) is 3.43. The van der Waals surface area contributed by atoms with Gasteiger partial charge in [0.05, 0.1) is 26.2 Å². The lowest BCUT2D eigenvalue weighted by Gasteiger charge is -2.32. The molecule has 0 aromatic heterocycles. The van der Waals surface area contributed by atoms with Gasteiger partial charge in [0, 0.05) is 13.1 Å². The molecule has 114 valence electrons. The Bertz CT molecular complexity index is 524. The maximum absolute atomic E-state index is 12.4. The number of carbonyl (C=O) groups is 2. The summed E-state index contributed by atoms with van der Waals surface area (Å²) in [6, 6.07) is 4.11. The van der Waals surface area contributed by atoms with Crippen LogP contribution in [0.3, 0.4) is 0 Å². The third-order valence-corrected chi connectivity index (χ3v) is 3.28. The van der Waals surface area contributed by atoms with Gasteiger partial charge in [-0.05, 0) is 12.1 Å². The van der Waals surface area contributed by atoms with Gasteiger partial charge in [0.15, 0.2) is 0 Å². The number of nitrogens with zero attached hydrogens (tertiary/aromatic N) is 1. The average Bonchev–Trinajstić information content (AvgIpc) is 2.47. The summed E-state index contributed by atoms with van der Waals surface area (Å²) in [4.78, 5) is 25.1. The monoisotopic (exact) mass is 295 g/mol. The minimum absolute atomic E-state index is 0.0486. The van der Waals surface area contributed by atoms with E-state index in [-0.39, 0.29) is 36.6 Å². The zero-order chi connectivity index (χ0) is 15.4. The summed E-state index contributed by atoms with van der Waals surface area (Å²) in [5.41, 5.74) is -0.142. The van der Waals surface area contributed by atoms with Gasteiger partial charge in [-0.25, -0.2) is 0 Å². The highest BCUT2D eigenvalue weighted by atomic mass is 16.5. The molecule has 1 heterocycles. The lowest BCUT2D eigenvalue weighted by atomic mass is 10.1. The third-order valence-electron chi connectivity index (χ3n) is 3.28. The maximum Gasteiger partial charge on any atom is 0.308 e. The number of amides is 1. The predicted octanol–water partition coefficient (Wildman–Crippen LogP) is 0.502. The van der Waals surface area contributed by atoms with Crippen molar-refractivity contribution in [3.05, 3.63) is 23.8 Å². The first-order valence-electron chi connectivity index (χ1n) is 6.51. The highest BCUT2D eigenvalue weighted by Gasteiger charge is 2.29. The van der Waals surface area contributed by atoms with Gasteiger partial charge < -0.3 is 24.6 Å². The van der Waals surface area contributed by atoms with Crippen LogP contribution < -0.4 is 0 Å². The predicted molar refractivity (Wildman–Crippen MR) is 72.0 cm³/mol. The lowest BCUT2D eigenvalue weighted by molar-refractivity contribution is -0.145. The normalized spacial score (nSPS) is 18.3. The molecular weight excluding hydrogens is 278 g/mol. The molecule has 1 aliphatic heterocycles. The second-order valence-corrected chi connectivity index (χ2v) is 4.70. The number of ether oxygens (including phenoxy) is 2. The van der Waals surface area contributed by atoms with Crippen LogP contribution in [-0.4, -0.2) is 59.9 Å². The summed E-state index contributed by atoms with van der Waals surface area (Å²) < 4.78 is 9.98. The highest BCUT2D eigenvalue weighted by molar-refractivity contribution is 5.99. The summed E-state index contributed by atoms with van der Waals surface area (Å²) in [6.07, 6.45) is -0.407. The second-order valence-electron chi connectivity index (χ2n) is 4.70. The lowest BCUT2D eigenvalue weighted by Crippen LogP contribution is -2.46. The smallest absolute Gasteiger partial charge is 0.308 e. The molecule has 1 atom stereocenters. The molecule has 1 aromatic carbocycles. The minimum Gasteiger partial charge on any atom is -0.507 e. The molecule has 2 rings (SSSR count). The number of rotatable bonds is 3. The zero-order valence-corrected chi connectivity index (χ0v) is 11.6. The number of hydrogen-bond donors (Lipinski definition) is 2. The van der Waals surface area contributed by atoms with Crippen LogP contribution in [0.4, 0.5) is 0 Å². The summed E-state index contributed by atoms with van der Waals surface area (Å²) in [5.74, 6) is -1.48. The Morgan fingerprint density at radius 2 is 2.05 bits per heavy atom. The number of methoxy groups -OCH3 is 1. The molecule has 21 heavy (non-hydrogen) atoms. The molecule has 2 N–H and O–H groups in total. The van der Waals surface area contributed by atoms with Gasteiger partial charge in [0.1, 0.15) is 17.1 Å². The molecule has 0 radical (unpaired) electrons. The fraction of sp³-hybridized carbons (Fsp3) is 0.429. The molecule has 1 fully saturated rings. The van der Waals surface area contributed by atoms with Crippen molar-refractivity contribution in [2.24, 2.45) is 0 Å². The summed E-state index contributed by atoms with van der Waals surface area (Å²) in [6.45, 7) is 0.799. The van der Waals surface area contributed by atoms with E-state index in [1.54, 1.807) is 0 Å². The molecule has 7 heteroatoms. The topological polar surface area (TPSA) is 96.3 Å². The van der Waals surface area contributed by atoms with Gasteiger partial charge in [-0.3, -0.25) is 9.59 Å². The van der Waals surface area contributed by atoms with E-state index >= 15 is 0 Å². The van der Waals surface area contributed by atoms with Crippen molar-refractivity contribution in [3.8, 4) is 11.5 Å². The fourth-order valence-electron chi connectivity index (χ4n) is 2.20. The van der Waals surface area contributed by atoms with E-state index < -0.39 is 18.0 Å². The number of esters is 1. The minimum atomic E-state index is -0.497. The summed E-state index contributed by atoms with van der Waals surface area (Å²) in [7, 11) is 1.29. The van der Waals surface area contributed by atoms with Crippen LogP contribution in [0.25, 0.3) is 0 Å². The van der Waals surface area contributed by atoms with Crippen LogP contribution in [0.1, 0.15) is 16.8 Å². The number of benzene rings is 1. The van der Waals surface area contributed by atoms with Crippen LogP contribution in [0.5, 0.6) is 11.5 Å². The molecule has 0 bridgehead atoms. The van der Waals surface area contributed by atoms with Crippen LogP contribution >= 0.6 is 0 Å². The van der Waals surface area contributed by atoms with Gasteiger partial charge in [0.2, 0.25) is 0 Å². The van der Waals surface area contributed by atoms with Crippen molar-refractivity contribution in [1.82, 2.24) is 4.90 Å². The molecule has 1 aromatic rings. The van der Waals surface area contributed by atoms with Gasteiger partial charge in [0.25, 0.3) is 5.91 Å².